The molecule has 3 rings (SSSR count). The molecule has 6 nitrogen and oxygen atoms in total. The fourth-order valence-corrected chi connectivity index (χ4v) is 2.66. The van der Waals surface area contributed by atoms with Crippen LogP contribution in [0.15, 0.2) is 42.5 Å². The molecule has 1 aliphatic rings. The molecule has 0 aromatic heterocycles. The molecule has 1 aliphatic heterocycles. The van der Waals surface area contributed by atoms with E-state index in [-0.39, 0.29) is 18.2 Å². The minimum absolute atomic E-state index is 0.0207. The molecule has 0 bridgehead atoms. The van der Waals surface area contributed by atoms with Crippen LogP contribution in [0.4, 0.5) is 11.4 Å². The van der Waals surface area contributed by atoms with Crippen LogP contribution in [0.5, 0.6) is 0 Å². The standard InChI is InChI=1S/C18H17N3O3/c19-18(24)12-2-5-14(6-3-12)20-17(23)10-11-1-7-15-13(9-11)4-8-16(22)21-15/h1-3,5-7,9H,4,8,10H2,(H2,19,24)(H,20,23)(H,21,22). The van der Waals surface area contributed by atoms with Crippen LogP contribution in [-0.4, -0.2) is 17.7 Å². The van der Waals surface area contributed by atoms with E-state index in [0.717, 1.165) is 16.8 Å². The number of aryl methyl sites for hydroxylation is 1. The van der Waals surface area contributed by atoms with Gasteiger partial charge in [-0.1, -0.05) is 12.1 Å². The molecular formula is C18H17N3O3. The number of amides is 3. The maximum absolute atomic E-state index is 12.1. The van der Waals surface area contributed by atoms with Gasteiger partial charge in [0.05, 0.1) is 6.42 Å². The van der Waals surface area contributed by atoms with Crippen molar-refractivity contribution in [1.29, 1.82) is 0 Å². The molecule has 0 radical (unpaired) electrons. The molecule has 2 aromatic rings. The lowest BCUT2D eigenvalue weighted by atomic mass is 9.99. The van der Waals surface area contributed by atoms with Gasteiger partial charge in [0.2, 0.25) is 17.7 Å². The van der Waals surface area contributed by atoms with Gasteiger partial charge in [-0.2, -0.15) is 0 Å². The second-order valence-electron chi connectivity index (χ2n) is 5.71. The number of nitrogens with two attached hydrogens (primary N) is 1. The largest absolute Gasteiger partial charge is 0.366 e. The van der Waals surface area contributed by atoms with Crippen molar-refractivity contribution in [2.75, 3.05) is 10.6 Å². The second-order valence-corrected chi connectivity index (χ2v) is 5.71. The lowest BCUT2D eigenvalue weighted by molar-refractivity contribution is -0.117. The van der Waals surface area contributed by atoms with Crippen LogP contribution in [-0.2, 0) is 22.4 Å². The Kier molecular flexibility index (Phi) is 4.29. The highest BCUT2D eigenvalue weighted by Gasteiger charge is 2.15. The van der Waals surface area contributed by atoms with Crippen molar-refractivity contribution in [2.45, 2.75) is 19.3 Å². The van der Waals surface area contributed by atoms with Gasteiger partial charge in [-0.3, -0.25) is 14.4 Å². The molecule has 0 saturated heterocycles. The highest BCUT2D eigenvalue weighted by atomic mass is 16.2. The number of hydrogen-bond donors (Lipinski definition) is 3. The van der Waals surface area contributed by atoms with Gasteiger partial charge >= 0.3 is 0 Å². The number of rotatable bonds is 4. The van der Waals surface area contributed by atoms with E-state index in [0.29, 0.717) is 24.1 Å². The molecule has 0 aliphatic carbocycles. The molecule has 0 fully saturated rings. The molecule has 24 heavy (non-hydrogen) atoms. The SMILES string of the molecule is NC(=O)c1ccc(NC(=O)Cc2ccc3c(c2)CCC(=O)N3)cc1. The van der Waals surface area contributed by atoms with Gasteiger partial charge < -0.3 is 16.4 Å². The fourth-order valence-electron chi connectivity index (χ4n) is 2.66. The topological polar surface area (TPSA) is 101 Å². The molecule has 3 amide bonds. The summed E-state index contributed by atoms with van der Waals surface area (Å²) in [5, 5.41) is 5.60. The number of fused-ring (bicyclic) bond motifs is 1. The molecule has 4 N–H and O–H groups in total. The number of anilines is 2. The first-order valence-corrected chi connectivity index (χ1v) is 7.62. The van der Waals surface area contributed by atoms with Crippen molar-refractivity contribution in [3.8, 4) is 0 Å². The molecule has 2 aromatic carbocycles. The fraction of sp³-hybridized carbons (Fsp3) is 0.167. The Hall–Kier alpha value is -3.15. The van der Waals surface area contributed by atoms with Crippen molar-refractivity contribution < 1.29 is 14.4 Å². The van der Waals surface area contributed by atoms with E-state index in [9.17, 15) is 14.4 Å². The quantitative estimate of drug-likeness (QED) is 0.800. The summed E-state index contributed by atoms with van der Waals surface area (Å²) in [6.45, 7) is 0. The van der Waals surface area contributed by atoms with Crippen LogP contribution >= 0.6 is 0 Å². The van der Waals surface area contributed by atoms with Crippen molar-refractivity contribution in [3.63, 3.8) is 0 Å². The van der Waals surface area contributed by atoms with Crippen molar-refractivity contribution >= 4 is 29.1 Å². The first kappa shape index (κ1) is 15.7. The highest BCUT2D eigenvalue weighted by molar-refractivity contribution is 5.96. The minimum Gasteiger partial charge on any atom is -0.366 e. The van der Waals surface area contributed by atoms with Crippen LogP contribution in [0, 0.1) is 0 Å². The summed E-state index contributed by atoms with van der Waals surface area (Å²) in [5.41, 5.74) is 8.93. The molecule has 0 spiro atoms. The maximum Gasteiger partial charge on any atom is 0.248 e. The predicted molar refractivity (Wildman–Crippen MR) is 90.7 cm³/mol. The number of carbonyl (C=O) groups is 3. The minimum atomic E-state index is -0.506. The zero-order valence-corrected chi connectivity index (χ0v) is 13.0. The summed E-state index contributed by atoms with van der Waals surface area (Å²) in [6, 6.07) is 12.0. The van der Waals surface area contributed by atoms with Gasteiger partial charge in [0.15, 0.2) is 0 Å². The number of hydrogen-bond acceptors (Lipinski definition) is 3. The smallest absolute Gasteiger partial charge is 0.248 e. The third kappa shape index (κ3) is 3.60. The first-order valence-electron chi connectivity index (χ1n) is 7.62. The Morgan fingerprint density at radius 1 is 1.08 bits per heavy atom. The predicted octanol–water partition coefficient (Wildman–Crippen LogP) is 1.85. The molecular weight excluding hydrogens is 306 g/mol. The van der Waals surface area contributed by atoms with Crippen molar-refractivity contribution in [3.05, 3.63) is 59.2 Å². The molecule has 0 unspecified atom stereocenters. The van der Waals surface area contributed by atoms with Gasteiger partial charge in [-0.05, 0) is 47.9 Å². The summed E-state index contributed by atoms with van der Waals surface area (Å²) >= 11 is 0. The first-order chi connectivity index (χ1) is 11.5. The normalized spacial score (nSPS) is 12.9. The number of carbonyl (C=O) groups excluding carboxylic acids is 3. The molecule has 0 atom stereocenters. The number of benzene rings is 2. The molecule has 1 heterocycles. The van der Waals surface area contributed by atoms with E-state index in [1.54, 1.807) is 24.3 Å². The van der Waals surface area contributed by atoms with Gasteiger partial charge in [0.1, 0.15) is 0 Å². The van der Waals surface area contributed by atoms with E-state index in [2.05, 4.69) is 10.6 Å². The van der Waals surface area contributed by atoms with Crippen LogP contribution in [0.1, 0.15) is 27.9 Å². The van der Waals surface area contributed by atoms with E-state index < -0.39 is 5.91 Å². The molecule has 6 heteroatoms. The van der Waals surface area contributed by atoms with E-state index >= 15 is 0 Å². The highest BCUT2D eigenvalue weighted by Crippen LogP contribution is 2.24. The van der Waals surface area contributed by atoms with Gasteiger partial charge in [0, 0.05) is 23.4 Å². The molecule has 0 saturated carbocycles. The lowest BCUT2D eigenvalue weighted by Crippen LogP contribution is -2.19. The second kappa shape index (κ2) is 6.54. The number of primary amides is 1. The third-order valence-electron chi connectivity index (χ3n) is 3.88. The third-order valence-corrected chi connectivity index (χ3v) is 3.88. The Bertz CT molecular complexity index is 813. The maximum atomic E-state index is 12.1. The average Bonchev–Trinajstić information content (AvgIpc) is 2.55. The van der Waals surface area contributed by atoms with Crippen molar-refractivity contribution in [2.24, 2.45) is 5.73 Å². The Morgan fingerprint density at radius 2 is 1.83 bits per heavy atom. The van der Waals surface area contributed by atoms with E-state index in [1.807, 2.05) is 18.2 Å². The average molecular weight is 323 g/mol. The summed E-state index contributed by atoms with van der Waals surface area (Å²) in [6.07, 6.45) is 1.39. The van der Waals surface area contributed by atoms with E-state index in [4.69, 9.17) is 5.73 Å². The van der Waals surface area contributed by atoms with Crippen LogP contribution in [0.2, 0.25) is 0 Å². The zero-order chi connectivity index (χ0) is 17.1. The zero-order valence-electron chi connectivity index (χ0n) is 13.0. The van der Waals surface area contributed by atoms with E-state index in [1.165, 1.54) is 0 Å². The Balaban J connectivity index is 1.64. The van der Waals surface area contributed by atoms with Gasteiger partial charge in [0.25, 0.3) is 0 Å². The van der Waals surface area contributed by atoms with Crippen LogP contribution in [0.25, 0.3) is 0 Å². The van der Waals surface area contributed by atoms with Gasteiger partial charge in [-0.25, -0.2) is 0 Å². The summed E-state index contributed by atoms with van der Waals surface area (Å²) in [4.78, 5) is 34.5. The summed E-state index contributed by atoms with van der Waals surface area (Å²) in [5.74, 6) is -0.636. The van der Waals surface area contributed by atoms with Crippen LogP contribution < -0.4 is 16.4 Å². The Labute approximate surface area is 139 Å². The lowest BCUT2D eigenvalue weighted by Gasteiger charge is -2.17. The molecule has 122 valence electrons. The van der Waals surface area contributed by atoms with Gasteiger partial charge in [-0.15, -0.1) is 0 Å². The van der Waals surface area contributed by atoms with Crippen molar-refractivity contribution in [1.82, 2.24) is 0 Å². The van der Waals surface area contributed by atoms with Crippen LogP contribution in [0.3, 0.4) is 0 Å². The summed E-state index contributed by atoms with van der Waals surface area (Å²) < 4.78 is 0. The Morgan fingerprint density at radius 3 is 2.54 bits per heavy atom. The number of nitrogens with one attached hydrogen (secondary N) is 2. The monoisotopic (exact) mass is 323 g/mol. The summed E-state index contributed by atoms with van der Waals surface area (Å²) in [7, 11) is 0.